The Bertz CT molecular complexity index is 1250. The quantitative estimate of drug-likeness (QED) is 0.525. The number of aryl methyl sites for hydroxylation is 1. The van der Waals surface area contributed by atoms with E-state index in [9.17, 15) is 4.79 Å². The molecule has 1 aliphatic heterocycles. The molecule has 140 valence electrons. The lowest BCUT2D eigenvalue weighted by molar-refractivity contribution is 0.0265. The summed E-state index contributed by atoms with van der Waals surface area (Å²) in [5.74, 6) is 0.0961. The number of amides is 1. The molecule has 1 saturated heterocycles. The first-order valence-corrected chi connectivity index (χ1v) is 10.1. The standard InChI is InChI=1S/C20H17N5O2S/c1-24-10-13-6-12(9-21-18(13)23-24)14-3-2-11-7-17(28-19(11)22-14)20(26)25-4-5-27-16-8-15(16)25/h2-3,6-7,9-10,15-16H,4-5,8H2,1H3/t15-,16-/m0/s1. The number of pyridine rings is 2. The third-order valence-electron chi connectivity index (χ3n) is 5.39. The van der Waals surface area contributed by atoms with E-state index in [1.165, 1.54) is 11.3 Å². The maximum Gasteiger partial charge on any atom is 0.264 e. The highest BCUT2D eigenvalue weighted by molar-refractivity contribution is 7.20. The van der Waals surface area contributed by atoms with Gasteiger partial charge < -0.3 is 9.64 Å². The molecule has 28 heavy (non-hydrogen) atoms. The molecule has 2 atom stereocenters. The lowest BCUT2D eigenvalue weighted by Crippen LogP contribution is -2.40. The van der Waals surface area contributed by atoms with Crippen molar-refractivity contribution >= 4 is 38.5 Å². The Hall–Kier alpha value is -2.84. The average molecular weight is 391 g/mol. The van der Waals surface area contributed by atoms with Gasteiger partial charge >= 0.3 is 0 Å². The topological polar surface area (TPSA) is 73.1 Å². The third kappa shape index (κ3) is 2.52. The SMILES string of the molecule is Cn1cc2cc(-c3ccc4cc(C(=O)N5CCO[C@H]6C[C@@H]65)sc4n3)cnc2n1. The minimum absolute atomic E-state index is 0.0961. The second-order valence-corrected chi connectivity index (χ2v) is 8.38. The predicted molar refractivity (Wildman–Crippen MR) is 106 cm³/mol. The number of hydrogen-bond acceptors (Lipinski definition) is 6. The molecule has 4 aromatic rings. The predicted octanol–water partition coefficient (Wildman–Crippen LogP) is 2.86. The van der Waals surface area contributed by atoms with Crippen LogP contribution < -0.4 is 0 Å². The molecule has 1 saturated carbocycles. The van der Waals surface area contributed by atoms with Crippen molar-refractivity contribution in [1.29, 1.82) is 0 Å². The molecule has 2 aliphatic rings. The van der Waals surface area contributed by atoms with Crippen LogP contribution in [0.15, 0.2) is 36.7 Å². The van der Waals surface area contributed by atoms with Crippen molar-refractivity contribution in [2.75, 3.05) is 13.2 Å². The molecular weight excluding hydrogens is 374 g/mol. The first-order chi connectivity index (χ1) is 13.7. The Morgan fingerprint density at radius 2 is 2.21 bits per heavy atom. The van der Waals surface area contributed by atoms with Gasteiger partial charge in [0.2, 0.25) is 0 Å². The van der Waals surface area contributed by atoms with E-state index >= 15 is 0 Å². The highest BCUT2D eigenvalue weighted by Crippen LogP contribution is 2.37. The zero-order valence-electron chi connectivity index (χ0n) is 15.2. The van der Waals surface area contributed by atoms with Crippen molar-refractivity contribution in [3.63, 3.8) is 0 Å². The van der Waals surface area contributed by atoms with Gasteiger partial charge in [-0.25, -0.2) is 9.97 Å². The Morgan fingerprint density at radius 3 is 3.14 bits per heavy atom. The Kier molecular flexibility index (Phi) is 3.36. The molecule has 0 aromatic carbocycles. The molecular formula is C20H17N5O2S. The molecule has 2 fully saturated rings. The molecule has 0 N–H and O–H groups in total. The number of thiophene rings is 1. The van der Waals surface area contributed by atoms with Gasteiger partial charge in [-0.05, 0) is 30.7 Å². The van der Waals surface area contributed by atoms with Crippen LogP contribution in [0, 0.1) is 0 Å². The van der Waals surface area contributed by atoms with E-state index in [-0.39, 0.29) is 18.1 Å². The lowest BCUT2D eigenvalue weighted by atomic mass is 10.1. The van der Waals surface area contributed by atoms with Crippen molar-refractivity contribution in [2.45, 2.75) is 18.6 Å². The van der Waals surface area contributed by atoms with Crippen LogP contribution in [0.2, 0.25) is 0 Å². The van der Waals surface area contributed by atoms with E-state index in [1.54, 1.807) is 10.9 Å². The summed E-state index contributed by atoms with van der Waals surface area (Å²) in [5, 5.41) is 6.29. The van der Waals surface area contributed by atoms with Gasteiger partial charge in [-0.15, -0.1) is 11.3 Å². The van der Waals surface area contributed by atoms with E-state index in [4.69, 9.17) is 9.72 Å². The molecule has 5 heterocycles. The van der Waals surface area contributed by atoms with Crippen LogP contribution in [-0.4, -0.2) is 55.9 Å². The van der Waals surface area contributed by atoms with E-state index in [2.05, 4.69) is 10.1 Å². The summed E-state index contributed by atoms with van der Waals surface area (Å²) in [6.07, 6.45) is 4.94. The molecule has 7 nitrogen and oxygen atoms in total. The molecule has 0 radical (unpaired) electrons. The molecule has 8 heteroatoms. The van der Waals surface area contributed by atoms with Crippen molar-refractivity contribution in [3.05, 3.63) is 41.5 Å². The van der Waals surface area contributed by atoms with Crippen LogP contribution in [0.4, 0.5) is 0 Å². The molecule has 4 aromatic heterocycles. The number of hydrogen-bond donors (Lipinski definition) is 0. The molecule has 1 aliphatic carbocycles. The van der Waals surface area contributed by atoms with Gasteiger partial charge in [-0.3, -0.25) is 9.48 Å². The number of carbonyl (C=O) groups excluding carboxylic acids is 1. The maximum absolute atomic E-state index is 12.9. The number of ether oxygens (including phenoxy) is 1. The van der Waals surface area contributed by atoms with Gasteiger partial charge in [0.25, 0.3) is 5.91 Å². The van der Waals surface area contributed by atoms with Crippen LogP contribution in [-0.2, 0) is 11.8 Å². The van der Waals surface area contributed by atoms with Crippen LogP contribution in [0.1, 0.15) is 16.1 Å². The largest absolute Gasteiger partial charge is 0.374 e. The number of carbonyl (C=O) groups is 1. The number of aromatic nitrogens is 4. The molecule has 0 bridgehead atoms. The first kappa shape index (κ1) is 16.1. The van der Waals surface area contributed by atoms with Gasteiger partial charge in [0.05, 0.1) is 29.3 Å². The minimum Gasteiger partial charge on any atom is -0.374 e. The summed E-state index contributed by atoms with van der Waals surface area (Å²) < 4.78 is 7.36. The molecule has 6 rings (SSSR count). The summed E-state index contributed by atoms with van der Waals surface area (Å²) in [6, 6.07) is 8.26. The Morgan fingerprint density at radius 1 is 1.29 bits per heavy atom. The number of morpholine rings is 1. The number of fused-ring (bicyclic) bond motifs is 3. The maximum atomic E-state index is 12.9. The van der Waals surface area contributed by atoms with Crippen LogP contribution in [0.5, 0.6) is 0 Å². The zero-order chi connectivity index (χ0) is 18.8. The van der Waals surface area contributed by atoms with E-state index in [1.807, 2.05) is 42.4 Å². The normalized spacial score (nSPS) is 21.2. The van der Waals surface area contributed by atoms with Crippen molar-refractivity contribution < 1.29 is 9.53 Å². The fraction of sp³-hybridized carbons (Fsp3) is 0.300. The second-order valence-electron chi connectivity index (χ2n) is 7.35. The summed E-state index contributed by atoms with van der Waals surface area (Å²) in [5.41, 5.74) is 2.51. The molecule has 0 spiro atoms. The second kappa shape index (κ2) is 5.83. The van der Waals surface area contributed by atoms with E-state index in [0.717, 1.165) is 43.8 Å². The minimum atomic E-state index is 0.0961. The van der Waals surface area contributed by atoms with Crippen molar-refractivity contribution in [1.82, 2.24) is 24.6 Å². The summed E-state index contributed by atoms with van der Waals surface area (Å²) in [6.45, 7) is 1.30. The van der Waals surface area contributed by atoms with Gasteiger partial charge in [0.15, 0.2) is 5.65 Å². The zero-order valence-corrected chi connectivity index (χ0v) is 16.0. The monoisotopic (exact) mass is 391 g/mol. The molecule has 1 amide bonds. The average Bonchev–Trinajstić information content (AvgIpc) is 3.22. The number of rotatable bonds is 2. The van der Waals surface area contributed by atoms with Gasteiger partial charge in [-0.2, -0.15) is 5.10 Å². The van der Waals surface area contributed by atoms with Crippen molar-refractivity contribution in [3.8, 4) is 11.3 Å². The van der Waals surface area contributed by atoms with E-state index < -0.39 is 0 Å². The highest BCUT2D eigenvalue weighted by atomic mass is 32.1. The lowest BCUT2D eigenvalue weighted by Gasteiger charge is -2.26. The first-order valence-electron chi connectivity index (χ1n) is 9.29. The van der Waals surface area contributed by atoms with Crippen LogP contribution >= 0.6 is 11.3 Å². The fourth-order valence-electron chi connectivity index (χ4n) is 3.89. The highest BCUT2D eigenvalue weighted by Gasteiger charge is 2.48. The van der Waals surface area contributed by atoms with Gasteiger partial charge in [0.1, 0.15) is 4.83 Å². The summed E-state index contributed by atoms with van der Waals surface area (Å²) in [7, 11) is 1.88. The Labute approximate surface area is 164 Å². The fourth-order valence-corrected chi connectivity index (χ4v) is 4.87. The third-order valence-corrected chi connectivity index (χ3v) is 6.42. The van der Waals surface area contributed by atoms with E-state index in [0.29, 0.717) is 13.2 Å². The Balaban J connectivity index is 1.35. The number of nitrogens with zero attached hydrogens (tertiary/aromatic N) is 5. The summed E-state index contributed by atoms with van der Waals surface area (Å²) >= 11 is 1.46. The molecule has 0 unspecified atom stereocenters. The van der Waals surface area contributed by atoms with Crippen LogP contribution in [0.3, 0.4) is 0 Å². The van der Waals surface area contributed by atoms with Gasteiger partial charge in [0, 0.05) is 42.3 Å². The smallest absolute Gasteiger partial charge is 0.264 e. The van der Waals surface area contributed by atoms with Crippen molar-refractivity contribution in [2.24, 2.45) is 7.05 Å². The summed E-state index contributed by atoms with van der Waals surface area (Å²) in [4.78, 5) is 25.7. The van der Waals surface area contributed by atoms with Gasteiger partial charge in [-0.1, -0.05) is 0 Å². The van der Waals surface area contributed by atoms with Crippen LogP contribution in [0.25, 0.3) is 32.5 Å².